The Morgan fingerprint density at radius 3 is 2.83 bits per heavy atom. The molecule has 1 heterocycles. The highest BCUT2D eigenvalue weighted by Crippen LogP contribution is 2.23. The molecule has 8 heteroatoms. The molecule has 1 unspecified atom stereocenters. The molecule has 0 aliphatic rings. The molecule has 0 radical (unpaired) electrons. The van der Waals surface area contributed by atoms with E-state index in [9.17, 15) is 9.90 Å². The highest BCUT2D eigenvalue weighted by Gasteiger charge is 2.12. The second-order valence-electron chi connectivity index (χ2n) is 4.92. The van der Waals surface area contributed by atoms with Crippen LogP contribution in [0.2, 0.25) is 0 Å². The molecule has 0 amide bonds. The van der Waals surface area contributed by atoms with Gasteiger partial charge in [-0.25, -0.2) is 0 Å². The Morgan fingerprint density at radius 2 is 2.13 bits per heavy atom. The van der Waals surface area contributed by atoms with Crippen molar-refractivity contribution in [3.05, 3.63) is 34.6 Å². The van der Waals surface area contributed by atoms with Crippen LogP contribution < -0.4 is 10.9 Å². The molecule has 0 saturated carbocycles. The number of anilines is 1. The van der Waals surface area contributed by atoms with E-state index in [0.29, 0.717) is 16.4 Å². The molecule has 0 saturated heterocycles. The van der Waals surface area contributed by atoms with Crippen LogP contribution in [-0.4, -0.2) is 50.4 Å². The number of aromatic amines is 1. The fourth-order valence-corrected chi connectivity index (χ4v) is 2.56. The van der Waals surface area contributed by atoms with E-state index in [4.69, 9.17) is 5.11 Å². The number of benzene rings is 1. The third-order valence-electron chi connectivity index (χ3n) is 3.04. The monoisotopic (exact) mass is 336 g/mol. The number of hydrogen-bond donors (Lipinski definition) is 4. The van der Waals surface area contributed by atoms with Gasteiger partial charge >= 0.3 is 0 Å². The molecule has 2 rings (SSSR count). The Labute approximate surface area is 138 Å². The lowest BCUT2D eigenvalue weighted by atomic mass is 10.1. The van der Waals surface area contributed by atoms with Crippen molar-refractivity contribution < 1.29 is 10.2 Å². The summed E-state index contributed by atoms with van der Waals surface area (Å²) in [5.74, 6) is 0.862. The Bertz CT molecular complexity index is 692. The van der Waals surface area contributed by atoms with Gasteiger partial charge in [-0.2, -0.15) is 0 Å². The summed E-state index contributed by atoms with van der Waals surface area (Å²) in [6.45, 7) is 1.89. The molecule has 2 aromatic rings. The van der Waals surface area contributed by atoms with Gasteiger partial charge in [-0.3, -0.25) is 9.78 Å². The molecule has 124 valence electrons. The van der Waals surface area contributed by atoms with Crippen LogP contribution in [0.1, 0.15) is 13.3 Å². The maximum atomic E-state index is 12.3. The minimum Gasteiger partial charge on any atom is -0.394 e. The third-order valence-corrected chi connectivity index (χ3v) is 4.11. The first-order valence-electron chi connectivity index (χ1n) is 7.37. The van der Waals surface area contributed by atoms with Gasteiger partial charge in [-0.15, -0.1) is 10.2 Å². The number of aliphatic hydroxyl groups is 2. The second kappa shape index (κ2) is 8.66. The van der Waals surface area contributed by atoms with Crippen molar-refractivity contribution in [3.63, 3.8) is 0 Å². The molecular formula is C15H20N4O3S. The summed E-state index contributed by atoms with van der Waals surface area (Å²) in [6.07, 6.45) is 0.107. The Morgan fingerprint density at radius 1 is 1.35 bits per heavy atom. The van der Waals surface area contributed by atoms with Gasteiger partial charge in [0.05, 0.1) is 12.7 Å². The van der Waals surface area contributed by atoms with Gasteiger partial charge < -0.3 is 15.5 Å². The van der Waals surface area contributed by atoms with E-state index in [1.807, 2.05) is 6.07 Å². The lowest BCUT2D eigenvalue weighted by Gasteiger charge is -2.13. The van der Waals surface area contributed by atoms with Crippen LogP contribution in [0.3, 0.4) is 0 Å². The minimum absolute atomic E-state index is 0.170. The van der Waals surface area contributed by atoms with E-state index in [0.717, 1.165) is 12.2 Å². The van der Waals surface area contributed by atoms with Gasteiger partial charge in [0.2, 0.25) is 0 Å². The molecule has 0 aliphatic carbocycles. The largest absolute Gasteiger partial charge is 0.394 e. The highest BCUT2D eigenvalue weighted by molar-refractivity contribution is 7.99. The fourth-order valence-electron chi connectivity index (χ4n) is 1.90. The van der Waals surface area contributed by atoms with E-state index in [-0.39, 0.29) is 24.4 Å². The molecule has 1 atom stereocenters. The predicted octanol–water partition coefficient (Wildman–Crippen LogP) is 1.10. The fraction of sp³-hybridized carbons (Fsp3) is 0.400. The van der Waals surface area contributed by atoms with Crippen molar-refractivity contribution in [1.29, 1.82) is 0 Å². The molecule has 4 N–H and O–H groups in total. The summed E-state index contributed by atoms with van der Waals surface area (Å²) >= 11 is 1.45. The van der Waals surface area contributed by atoms with E-state index >= 15 is 0 Å². The van der Waals surface area contributed by atoms with E-state index in [2.05, 4.69) is 27.4 Å². The zero-order chi connectivity index (χ0) is 16.7. The van der Waals surface area contributed by atoms with Gasteiger partial charge in [0.1, 0.15) is 0 Å². The first-order valence-corrected chi connectivity index (χ1v) is 8.36. The number of para-hydroxylation sites is 1. The summed E-state index contributed by atoms with van der Waals surface area (Å²) in [5, 5.41) is 29.9. The molecule has 0 fully saturated rings. The minimum atomic E-state index is -0.875. The number of aromatic nitrogens is 3. The van der Waals surface area contributed by atoms with Crippen molar-refractivity contribution in [2.24, 2.45) is 0 Å². The maximum absolute atomic E-state index is 12.3. The topological polar surface area (TPSA) is 111 Å². The normalized spacial score (nSPS) is 12.1. The Kier molecular flexibility index (Phi) is 6.57. The van der Waals surface area contributed by atoms with Gasteiger partial charge in [0, 0.05) is 23.5 Å². The number of thioether (sulfide) groups is 1. The maximum Gasteiger partial charge on any atom is 0.278 e. The molecular weight excluding hydrogens is 316 g/mol. The van der Waals surface area contributed by atoms with Crippen molar-refractivity contribution in [2.45, 2.75) is 24.6 Å². The van der Waals surface area contributed by atoms with Crippen LogP contribution in [0.25, 0.3) is 11.3 Å². The summed E-state index contributed by atoms with van der Waals surface area (Å²) in [5.41, 5.74) is 1.15. The van der Waals surface area contributed by atoms with E-state index < -0.39 is 6.10 Å². The van der Waals surface area contributed by atoms with Crippen LogP contribution in [0.4, 0.5) is 5.69 Å². The van der Waals surface area contributed by atoms with Crippen molar-refractivity contribution in [2.75, 3.05) is 24.2 Å². The van der Waals surface area contributed by atoms with Gasteiger partial charge in [-0.05, 0) is 12.5 Å². The highest BCUT2D eigenvalue weighted by atomic mass is 32.2. The first kappa shape index (κ1) is 17.5. The number of rotatable bonds is 8. The van der Waals surface area contributed by atoms with Crippen LogP contribution in [0.15, 0.2) is 34.2 Å². The Balaban J connectivity index is 2.26. The lowest BCUT2D eigenvalue weighted by Crippen LogP contribution is -2.23. The number of nitrogens with one attached hydrogen (secondary N) is 2. The van der Waals surface area contributed by atoms with Crippen LogP contribution in [-0.2, 0) is 0 Å². The second-order valence-corrected chi connectivity index (χ2v) is 6.00. The van der Waals surface area contributed by atoms with Gasteiger partial charge in [0.25, 0.3) is 5.56 Å². The molecule has 23 heavy (non-hydrogen) atoms. The molecule has 0 aliphatic heterocycles. The van der Waals surface area contributed by atoms with Gasteiger partial charge in [0.15, 0.2) is 10.9 Å². The van der Waals surface area contributed by atoms with Crippen molar-refractivity contribution in [1.82, 2.24) is 15.2 Å². The zero-order valence-electron chi connectivity index (χ0n) is 12.8. The molecule has 0 bridgehead atoms. The van der Waals surface area contributed by atoms with Gasteiger partial charge in [-0.1, -0.05) is 36.9 Å². The van der Waals surface area contributed by atoms with Crippen LogP contribution in [0.5, 0.6) is 0 Å². The Hall–Kier alpha value is -1.90. The SMILES string of the molecule is CCCSc1nnc(-c2ccccc2NCC(O)CO)c(=O)[nH]1. The number of H-pyrrole nitrogens is 1. The summed E-state index contributed by atoms with van der Waals surface area (Å²) in [7, 11) is 0. The quantitative estimate of drug-likeness (QED) is 0.534. The number of aliphatic hydroxyl groups excluding tert-OH is 2. The standard InChI is InChI=1S/C15H20N4O3S/c1-2-7-23-15-17-14(22)13(18-19-15)11-5-3-4-6-12(11)16-8-10(21)9-20/h3-6,10,16,20-21H,2,7-9H2,1H3,(H,17,19,22). The predicted molar refractivity (Wildman–Crippen MR) is 90.7 cm³/mol. The van der Waals surface area contributed by atoms with Crippen molar-refractivity contribution >= 4 is 17.4 Å². The third kappa shape index (κ3) is 4.78. The van der Waals surface area contributed by atoms with Crippen LogP contribution >= 0.6 is 11.8 Å². The van der Waals surface area contributed by atoms with E-state index in [1.54, 1.807) is 18.2 Å². The average molecular weight is 336 g/mol. The van der Waals surface area contributed by atoms with E-state index in [1.165, 1.54) is 11.8 Å². The average Bonchev–Trinajstić information content (AvgIpc) is 2.58. The number of hydrogen-bond acceptors (Lipinski definition) is 7. The lowest BCUT2D eigenvalue weighted by molar-refractivity contribution is 0.105. The summed E-state index contributed by atoms with van der Waals surface area (Å²) < 4.78 is 0. The molecule has 1 aromatic heterocycles. The van der Waals surface area contributed by atoms with Crippen LogP contribution in [0, 0.1) is 0 Å². The number of nitrogens with zero attached hydrogens (tertiary/aromatic N) is 2. The zero-order valence-corrected chi connectivity index (χ0v) is 13.6. The summed E-state index contributed by atoms with van der Waals surface area (Å²) in [6, 6.07) is 7.14. The molecule has 0 spiro atoms. The van der Waals surface area contributed by atoms with Crippen molar-refractivity contribution in [3.8, 4) is 11.3 Å². The molecule has 1 aromatic carbocycles. The smallest absolute Gasteiger partial charge is 0.278 e. The molecule has 7 nitrogen and oxygen atoms in total. The summed E-state index contributed by atoms with van der Waals surface area (Å²) in [4.78, 5) is 15.0. The first-order chi connectivity index (χ1) is 11.2.